The average molecular weight is 381 g/mol. The van der Waals surface area contributed by atoms with Gasteiger partial charge in [-0.1, -0.05) is 0 Å². The minimum absolute atomic E-state index is 0.0738. The van der Waals surface area contributed by atoms with Crippen molar-refractivity contribution in [3.8, 4) is 0 Å². The molecule has 0 aliphatic carbocycles. The van der Waals surface area contributed by atoms with Crippen molar-refractivity contribution in [2.75, 3.05) is 34.2 Å². The molecule has 13 heteroatoms. The summed E-state index contributed by atoms with van der Waals surface area (Å²) in [5, 5.41) is -6.42. The highest BCUT2D eigenvalue weighted by atomic mass is 32.2. The summed E-state index contributed by atoms with van der Waals surface area (Å²) in [7, 11) is -1.30. The molecular weight excluding hydrogens is 364 g/mol. The molecule has 0 aromatic carbocycles. The van der Waals surface area contributed by atoms with Crippen LogP contribution in [0.25, 0.3) is 0 Å². The third kappa shape index (κ3) is 4.66. The number of rotatable bonds is 9. The Hall–Kier alpha value is -0.690. The topological polar surface area (TPSA) is 46.2 Å². The van der Waals surface area contributed by atoms with E-state index in [1.54, 1.807) is 21.1 Å². The summed E-state index contributed by atoms with van der Waals surface area (Å²) >= 11 is 0. The Morgan fingerprint density at radius 2 is 1.43 bits per heavy atom. The van der Waals surface area contributed by atoms with E-state index in [2.05, 4.69) is 0 Å². The van der Waals surface area contributed by atoms with Crippen LogP contribution in [0.3, 0.4) is 0 Å². The zero-order chi connectivity index (χ0) is 18.9. The van der Waals surface area contributed by atoms with Crippen LogP contribution in [0.15, 0.2) is 0 Å². The number of hydrogen-bond acceptors (Lipinski definition) is 2. The molecule has 0 fully saturated rings. The van der Waals surface area contributed by atoms with E-state index in [9.17, 15) is 43.5 Å². The standard InChI is InChI=1S/C10H17F8N2O2S/c1-20(2,3)6-4-5-19-23(21,22)10(17,18)9(15,16)8(13,14)7(11)12/h7,19H,4-6H2,1-3H3/q+1. The average Bonchev–Trinajstić information content (AvgIpc) is 2.32. The van der Waals surface area contributed by atoms with Gasteiger partial charge in [0.2, 0.25) is 0 Å². The normalized spacial score (nSPS) is 15.3. The zero-order valence-corrected chi connectivity index (χ0v) is 13.2. The van der Waals surface area contributed by atoms with Gasteiger partial charge in [-0.3, -0.25) is 0 Å². The molecule has 0 atom stereocenters. The Morgan fingerprint density at radius 1 is 1.00 bits per heavy atom. The minimum Gasteiger partial charge on any atom is -0.331 e. The van der Waals surface area contributed by atoms with Crippen LogP contribution >= 0.6 is 0 Å². The van der Waals surface area contributed by atoms with Crippen LogP contribution in [0.4, 0.5) is 35.1 Å². The second-order valence-electron chi connectivity index (χ2n) is 5.78. The van der Waals surface area contributed by atoms with Crippen LogP contribution < -0.4 is 4.72 Å². The van der Waals surface area contributed by atoms with Crippen LogP contribution in [-0.2, 0) is 10.0 Å². The molecule has 0 aliphatic heterocycles. The predicted molar refractivity (Wildman–Crippen MR) is 65.3 cm³/mol. The van der Waals surface area contributed by atoms with Crippen molar-refractivity contribution in [1.29, 1.82) is 0 Å². The highest BCUT2D eigenvalue weighted by Crippen LogP contribution is 2.50. The van der Waals surface area contributed by atoms with E-state index in [4.69, 9.17) is 0 Å². The number of sulfonamides is 1. The highest BCUT2D eigenvalue weighted by Gasteiger charge is 2.80. The molecular formula is C10H17F8N2O2S+. The Labute approximate surface area is 128 Å². The van der Waals surface area contributed by atoms with Crippen LogP contribution in [0.2, 0.25) is 0 Å². The lowest BCUT2D eigenvalue weighted by atomic mass is 10.2. The van der Waals surface area contributed by atoms with Gasteiger partial charge in [0.05, 0.1) is 27.7 Å². The lowest BCUT2D eigenvalue weighted by Gasteiger charge is -2.31. The summed E-state index contributed by atoms with van der Waals surface area (Å²) in [6.07, 6.45) is -5.24. The van der Waals surface area contributed by atoms with Crippen molar-refractivity contribution in [2.24, 2.45) is 0 Å². The Morgan fingerprint density at radius 3 is 1.78 bits per heavy atom. The molecule has 0 aromatic heterocycles. The smallest absolute Gasteiger partial charge is 0.331 e. The number of hydrogen-bond donors (Lipinski definition) is 1. The van der Waals surface area contributed by atoms with E-state index in [-0.39, 0.29) is 17.4 Å². The number of nitrogens with zero attached hydrogens (tertiary/aromatic N) is 1. The summed E-state index contributed by atoms with van der Waals surface area (Å²) in [6, 6.07) is 0. The third-order valence-electron chi connectivity index (χ3n) is 2.69. The maximum Gasteiger partial charge on any atom is 0.427 e. The van der Waals surface area contributed by atoms with Gasteiger partial charge in [0.1, 0.15) is 0 Å². The number of halogens is 8. The number of nitrogens with one attached hydrogen (secondary N) is 1. The maximum absolute atomic E-state index is 13.3. The molecule has 0 aromatic rings. The second kappa shape index (κ2) is 6.67. The van der Waals surface area contributed by atoms with Gasteiger partial charge < -0.3 is 4.48 Å². The van der Waals surface area contributed by atoms with Crippen LogP contribution in [0.5, 0.6) is 0 Å². The first-order valence-corrected chi connectivity index (χ1v) is 7.60. The van der Waals surface area contributed by atoms with E-state index in [1.165, 1.54) is 0 Å². The van der Waals surface area contributed by atoms with Crippen molar-refractivity contribution < 1.29 is 48.0 Å². The highest BCUT2D eigenvalue weighted by molar-refractivity contribution is 7.90. The maximum atomic E-state index is 13.3. The molecule has 0 spiro atoms. The molecule has 0 bridgehead atoms. The van der Waals surface area contributed by atoms with Crippen molar-refractivity contribution in [3.63, 3.8) is 0 Å². The molecule has 0 unspecified atom stereocenters. The third-order valence-corrected chi connectivity index (χ3v) is 4.21. The molecule has 0 aliphatic rings. The number of quaternary nitrogens is 1. The summed E-state index contributed by atoms with van der Waals surface area (Å²) in [6.45, 7) is -0.499. The van der Waals surface area contributed by atoms with Gasteiger partial charge in [-0.15, -0.1) is 0 Å². The largest absolute Gasteiger partial charge is 0.427 e. The molecule has 1 N–H and O–H groups in total. The molecule has 140 valence electrons. The molecule has 0 rings (SSSR count). The summed E-state index contributed by atoms with van der Waals surface area (Å²) in [4.78, 5) is 0. The molecule has 0 saturated carbocycles. The van der Waals surface area contributed by atoms with Gasteiger partial charge in [-0.05, 0) is 0 Å². The molecule has 0 amide bonds. The first-order chi connectivity index (χ1) is 9.90. The summed E-state index contributed by atoms with van der Waals surface area (Å²) in [5.74, 6) is -13.3. The molecule has 23 heavy (non-hydrogen) atoms. The van der Waals surface area contributed by atoms with Gasteiger partial charge in [0.15, 0.2) is 0 Å². The predicted octanol–water partition coefficient (Wildman–Crippen LogP) is 2.13. The lowest BCUT2D eigenvalue weighted by molar-refractivity contribution is -0.870. The lowest BCUT2D eigenvalue weighted by Crippen LogP contribution is -2.62. The van der Waals surface area contributed by atoms with Crippen molar-refractivity contribution in [3.05, 3.63) is 0 Å². The first kappa shape index (κ1) is 22.3. The van der Waals surface area contributed by atoms with Gasteiger partial charge in [0, 0.05) is 13.0 Å². The summed E-state index contributed by atoms with van der Waals surface area (Å²) < 4.78 is 125. The Bertz CT molecular complexity index is 501. The van der Waals surface area contributed by atoms with Gasteiger partial charge in [0.25, 0.3) is 10.0 Å². The van der Waals surface area contributed by atoms with E-state index in [0.717, 1.165) is 4.72 Å². The molecule has 0 radical (unpaired) electrons. The Balaban J connectivity index is 5.24. The van der Waals surface area contributed by atoms with E-state index in [1.807, 2.05) is 0 Å². The SMILES string of the molecule is C[N+](C)(C)CCCNS(=O)(=O)C(F)(F)C(F)(F)C(F)(F)C(F)F. The van der Waals surface area contributed by atoms with E-state index < -0.39 is 40.1 Å². The van der Waals surface area contributed by atoms with E-state index in [0.29, 0.717) is 0 Å². The zero-order valence-electron chi connectivity index (χ0n) is 12.4. The molecule has 0 heterocycles. The number of alkyl halides is 8. The van der Waals surface area contributed by atoms with Gasteiger partial charge >= 0.3 is 23.5 Å². The van der Waals surface area contributed by atoms with Crippen LogP contribution in [0.1, 0.15) is 6.42 Å². The molecule has 4 nitrogen and oxygen atoms in total. The fraction of sp³-hybridized carbons (Fsp3) is 1.00. The summed E-state index contributed by atoms with van der Waals surface area (Å²) in [5.41, 5.74) is 0. The monoisotopic (exact) mass is 381 g/mol. The minimum atomic E-state index is -6.79. The fourth-order valence-electron chi connectivity index (χ4n) is 1.35. The first-order valence-electron chi connectivity index (χ1n) is 6.11. The van der Waals surface area contributed by atoms with Gasteiger partial charge in [-0.25, -0.2) is 21.9 Å². The second-order valence-corrected chi connectivity index (χ2v) is 7.59. The van der Waals surface area contributed by atoms with Crippen molar-refractivity contribution in [2.45, 2.75) is 29.9 Å². The van der Waals surface area contributed by atoms with Crippen molar-refractivity contribution in [1.82, 2.24) is 4.72 Å². The fourth-order valence-corrected chi connectivity index (χ4v) is 2.42. The van der Waals surface area contributed by atoms with Crippen LogP contribution in [0, 0.1) is 0 Å². The van der Waals surface area contributed by atoms with Crippen molar-refractivity contribution >= 4 is 10.0 Å². The molecule has 0 saturated heterocycles. The Kier molecular flexibility index (Phi) is 6.47. The van der Waals surface area contributed by atoms with Gasteiger partial charge in [-0.2, -0.15) is 26.3 Å². The van der Waals surface area contributed by atoms with E-state index >= 15 is 0 Å². The quantitative estimate of drug-likeness (QED) is 0.378. The van der Waals surface area contributed by atoms with Crippen LogP contribution in [-0.4, -0.2) is 70.7 Å².